The summed E-state index contributed by atoms with van der Waals surface area (Å²) in [7, 11) is 0. The molecule has 0 atom stereocenters. The third-order valence-corrected chi connectivity index (χ3v) is 2.65. The number of nitrogens with one attached hydrogen (secondary N) is 3. The van der Waals surface area contributed by atoms with Crippen LogP contribution in [0.4, 0.5) is 0 Å². The molecule has 0 unspecified atom stereocenters. The molecule has 2 aromatic rings. The topological polar surface area (TPSA) is 74.0 Å². The second-order valence-corrected chi connectivity index (χ2v) is 4.35. The van der Waals surface area contributed by atoms with E-state index in [2.05, 4.69) is 15.8 Å². The highest BCUT2D eigenvalue weighted by Crippen LogP contribution is 2.11. The van der Waals surface area contributed by atoms with Crippen molar-refractivity contribution in [3.63, 3.8) is 0 Å². The lowest BCUT2D eigenvalue weighted by Crippen LogP contribution is -2.40. The van der Waals surface area contributed by atoms with Crippen molar-refractivity contribution in [1.82, 2.24) is 15.8 Å². The summed E-state index contributed by atoms with van der Waals surface area (Å²) in [6, 6.07) is 10.4. The molecule has 1 aromatic carbocycles. The summed E-state index contributed by atoms with van der Waals surface area (Å²) >= 11 is 5.83. The van der Waals surface area contributed by atoms with E-state index in [0.29, 0.717) is 10.7 Å². The van der Waals surface area contributed by atoms with Crippen molar-refractivity contribution in [2.75, 3.05) is 0 Å². The van der Waals surface area contributed by atoms with Crippen molar-refractivity contribution in [3.8, 4) is 0 Å². The number of carbonyl (C=O) groups excluding carboxylic acids is 2. The molecule has 2 rings (SSSR count). The highest BCUT2D eigenvalue weighted by atomic mass is 35.5. The average molecular weight is 290 g/mol. The minimum atomic E-state index is -0.440. The van der Waals surface area contributed by atoms with Gasteiger partial charge in [0, 0.05) is 17.3 Å². The van der Waals surface area contributed by atoms with Gasteiger partial charge in [-0.2, -0.15) is 0 Å². The zero-order valence-electron chi connectivity index (χ0n) is 10.4. The van der Waals surface area contributed by atoms with Crippen LogP contribution in [0.15, 0.2) is 48.7 Å². The number of aromatic amines is 1. The van der Waals surface area contributed by atoms with E-state index in [9.17, 15) is 9.59 Å². The first-order valence-corrected chi connectivity index (χ1v) is 6.20. The Morgan fingerprint density at radius 1 is 1.15 bits per heavy atom. The first kappa shape index (κ1) is 13.9. The summed E-state index contributed by atoms with van der Waals surface area (Å²) in [5, 5.41) is 0.590. The van der Waals surface area contributed by atoms with Gasteiger partial charge >= 0.3 is 0 Å². The zero-order chi connectivity index (χ0) is 14.4. The van der Waals surface area contributed by atoms with Crippen LogP contribution in [0.2, 0.25) is 5.02 Å². The van der Waals surface area contributed by atoms with Crippen molar-refractivity contribution < 1.29 is 9.59 Å². The van der Waals surface area contributed by atoms with Crippen LogP contribution in [0, 0.1) is 0 Å². The van der Waals surface area contributed by atoms with E-state index < -0.39 is 11.8 Å². The molecule has 0 saturated heterocycles. The minimum Gasteiger partial charge on any atom is -0.357 e. The molecule has 6 heteroatoms. The summed E-state index contributed by atoms with van der Waals surface area (Å²) in [6.07, 6.45) is 4.53. The summed E-state index contributed by atoms with van der Waals surface area (Å²) < 4.78 is 0. The molecule has 1 aromatic heterocycles. The Labute approximate surface area is 120 Å². The number of benzene rings is 1. The molecule has 20 heavy (non-hydrogen) atoms. The molecule has 1 heterocycles. The van der Waals surface area contributed by atoms with Crippen LogP contribution in [-0.2, 0) is 4.79 Å². The van der Waals surface area contributed by atoms with Crippen molar-refractivity contribution >= 4 is 29.5 Å². The number of hydrazine groups is 1. The Bertz CT molecular complexity index is 636. The number of hydrogen-bond acceptors (Lipinski definition) is 2. The van der Waals surface area contributed by atoms with Gasteiger partial charge in [-0.3, -0.25) is 20.4 Å². The molecule has 0 spiro atoms. The number of rotatable bonds is 3. The van der Waals surface area contributed by atoms with E-state index in [1.54, 1.807) is 42.6 Å². The molecular formula is C14H12ClN3O2. The molecule has 2 amide bonds. The van der Waals surface area contributed by atoms with Gasteiger partial charge in [0.1, 0.15) is 5.69 Å². The monoisotopic (exact) mass is 289 g/mol. The maximum Gasteiger partial charge on any atom is 0.286 e. The van der Waals surface area contributed by atoms with Gasteiger partial charge in [-0.1, -0.05) is 23.7 Å². The predicted molar refractivity (Wildman–Crippen MR) is 76.9 cm³/mol. The van der Waals surface area contributed by atoms with Crippen LogP contribution < -0.4 is 10.9 Å². The highest BCUT2D eigenvalue weighted by Gasteiger charge is 2.05. The van der Waals surface area contributed by atoms with Crippen molar-refractivity contribution in [2.45, 2.75) is 0 Å². The van der Waals surface area contributed by atoms with Gasteiger partial charge in [-0.25, -0.2) is 0 Å². The lowest BCUT2D eigenvalue weighted by atomic mass is 10.2. The summed E-state index contributed by atoms with van der Waals surface area (Å²) in [5.74, 6) is -0.857. The fourth-order valence-electron chi connectivity index (χ4n) is 1.48. The first-order valence-electron chi connectivity index (χ1n) is 5.82. The van der Waals surface area contributed by atoms with Gasteiger partial charge in [-0.05, 0) is 35.9 Å². The van der Waals surface area contributed by atoms with E-state index in [1.165, 1.54) is 6.08 Å². The zero-order valence-corrected chi connectivity index (χ0v) is 11.1. The normalized spacial score (nSPS) is 10.4. The standard InChI is InChI=1S/C14H12ClN3O2/c15-11-4-1-3-10(9-11)6-7-13(19)17-18-14(20)12-5-2-8-16-12/h1-9,16H,(H,17,19)(H,18,20)/b7-6+. The third-order valence-electron chi connectivity index (χ3n) is 2.42. The van der Waals surface area contributed by atoms with E-state index in [1.807, 2.05) is 6.07 Å². The average Bonchev–Trinajstić information content (AvgIpc) is 2.97. The predicted octanol–water partition coefficient (Wildman–Crippen LogP) is 2.14. The lowest BCUT2D eigenvalue weighted by molar-refractivity contribution is -0.117. The number of H-pyrrole nitrogens is 1. The Morgan fingerprint density at radius 2 is 2.00 bits per heavy atom. The molecule has 0 aliphatic carbocycles. The van der Waals surface area contributed by atoms with Gasteiger partial charge in [0.2, 0.25) is 0 Å². The Balaban J connectivity index is 1.85. The smallest absolute Gasteiger partial charge is 0.286 e. The molecule has 0 radical (unpaired) electrons. The molecule has 0 fully saturated rings. The molecule has 0 aliphatic rings. The van der Waals surface area contributed by atoms with E-state index in [4.69, 9.17) is 11.6 Å². The van der Waals surface area contributed by atoms with Gasteiger partial charge < -0.3 is 4.98 Å². The van der Waals surface area contributed by atoms with Crippen molar-refractivity contribution in [3.05, 3.63) is 65.0 Å². The van der Waals surface area contributed by atoms with Crippen molar-refractivity contribution in [1.29, 1.82) is 0 Å². The Kier molecular flexibility index (Phi) is 4.57. The summed E-state index contributed by atoms with van der Waals surface area (Å²) in [6.45, 7) is 0. The summed E-state index contributed by atoms with van der Waals surface area (Å²) in [5.41, 5.74) is 5.72. The largest absolute Gasteiger partial charge is 0.357 e. The number of carbonyl (C=O) groups is 2. The second-order valence-electron chi connectivity index (χ2n) is 3.92. The van der Waals surface area contributed by atoms with E-state index in [-0.39, 0.29) is 0 Å². The Morgan fingerprint density at radius 3 is 2.70 bits per heavy atom. The second kappa shape index (κ2) is 6.58. The quantitative estimate of drug-likeness (QED) is 0.598. The van der Waals surface area contributed by atoms with Crippen LogP contribution in [0.25, 0.3) is 6.08 Å². The van der Waals surface area contributed by atoms with Gasteiger partial charge in [-0.15, -0.1) is 0 Å². The molecular weight excluding hydrogens is 278 g/mol. The maximum atomic E-state index is 11.5. The third kappa shape index (κ3) is 4.00. The van der Waals surface area contributed by atoms with Gasteiger partial charge in [0.25, 0.3) is 11.8 Å². The maximum absolute atomic E-state index is 11.5. The van der Waals surface area contributed by atoms with E-state index >= 15 is 0 Å². The van der Waals surface area contributed by atoms with Crippen LogP contribution in [0.3, 0.4) is 0 Å². The molecule has 5 nitrogen and oxygen atoms in total. The molecule has 3 N–H and O–H groups in total. The van der Waals surface area contributed by atoms with Crippen LogP contribution >= 0.6 is 11.6 Å². The van der Waals surface area contributed by atoms with Gasteiger partial charge in [0.15, 0.2) is 0 Å². The van der Waals surface area contributed by atoms with Gasteiger partial charge in [0.05, 0.1) is 0 Å². The van der Waals surface area contributed by atoms with Crippen LogP contribution in [0.1, 0.15) is 16.1 Å². The summed E-state index contributed by atoms with van der Waals surface area (Å²) in [4.78, 5) is 25.8. The lowest BCUT2D eigenvalue weighted by Gasteiger charge is -2.03. The number of hydrogen-bond donors (Lipinski definition) is 3. The van der Waals surface area contributed by atoms with Crippen LogP contribution in [0.5, 0.6) is 0 Å². The number of amides is 2. The number of aromatic nitrogens is 1. The molecule has 0 saturated carbocycles. The molecule has 0 aliphatic heterocycles. The number of halogens is 1. The first-order chi connectivity index (χ1) is 9.65. The van der Waals surface area contributed by atoms with Crippen molar-refractivity contribution in [2.24, 2.45) is 0 Å². The minimum absolute atomic E-state index is 0.365. The highest BCUT2D eigenvalue weighted by molar-refractivity contribution is 6.30. The Hall–Kier alpha value is -2.53. The van der Waals surface area contributed by atoms with E-state index in [0.717, 1.165) is 5.56 Å². The fraction of sp³-hybridized carbons (Fsp3) is 0. The van der Waals surface area contributed by atoms with Crippen LogP contribution in [-0.4, -0.2) is 16.8 Å². The SMILES string of the molecule is O=C(/C=C/c1cccc(Cl)c1)NNC(=O)c1ccc[nH]1. The molecule has 0 bridgehead atoms. The fourth-order valence-corrected chi connectivity index (χ4v) is 1.68. The molecule has 102 valence electrons.